The molecule has 0 radical (unpaired) electrons. The summed E-state index contributed by atoms with van der Waals surface area (Å²) in [5, 5.41) is 8.11. The summed E-state index contributed by atoms with van der Waals surface area (Å²) in [6.45, 7) is 2.98. The first-order chi connectivity index (χ1) is 18.7. The molecule has 1 amide bonds. The summed E-state index contributed by atoms with van der Waals surface area (Å²) in [5.41, 5.74) is 2.28. The van der Waals surface area contributed by atoms with Crippen molar-refractivity contribution in [2.75, 3.05) is 11.9 Å². The number of fused-ring (bicyclic) bond motifs is 1. The standard InChI is InChI=1S/C29H26FN5O3S/c1-20(2)34(39(37,38)26-12-6-10-22-11-7-17-31-29(22)26)19-28(36)32-27-18-25(21-8-4-3-5-9-21)33-35(27)24-15-13-23(30)14-16-24/h3-18,20H,19H2,1-2H3,(H,32,36). The molecule has 0 bridgehead atoms. The number of pyridine rings is 1. The van der Waals surface area contributed by atoms with Crippen molar-refractivity contribution in [2.24, 2.45) is 0 Å². The van der Waals surface area contributed by atoms with Crippen molar-refractivity contribution in [2.45, 2.75) is 24.8 Å². The molecule has 39 heavy (non-hydrogen) atoms. The highest BCUT2D eigenvalue weighted by Crippen LogP contribution is 2.27. The van der Waals surface area contributed by atoms with Gasteiger partial charge in [0.25, 0.3) is 0 Å². The van der Waals surface area contributed by atoms with E-state index in [2.05, 4.69) is 15.4 Å². The van der Waals surface area contributed by atoms with Gasteiger partial charge in [0.2, 0.25) is 15.9 Å². The van der Waals surface area contributed by atoms with Gasteiger partial charge in [-0.2, -0.15) is 9.40 Å². The number of aromatic nitrogens is 3. The highest BCUT2D eigenvalue weighted by atomic mass is 32.2. The lowest BCUT2D eigenvalue weighted by Crippen LogP contribution is -2.42. The minimum absolute atomic E-state index is 0.0322. The molecule has 198 valence electrons. The second-order valence-corrected chi connectivity index (χ2v) is 11.1. The average molecular weight is 544 g/mol. The predicted molar refractivity (Wildman–Crippen MR) is 148 cm³/mol. The van der Waals surface area contributed by atoms with E-state index < -0.39 is 34.3 Å². The molecule has 1 N–H and O–H groups in total. The molecule has 0 spiro atoms. The largest absolute Gasteiger partial charge is 0.309 e. The lowest BCUT2D eigenvalue weighted by molar-refractivity contribution is -0.116. The molecule has 2 heterocycles. The number of carbonyl (C=O) groups is 1. The van der Waals surface area contributed by atoms with Gasteiger partial charge in [-0.05, 0) is 50.2 Å². The normalized spacial score (nSPS) is 11.8. The number of anilines is 1. The number of amides is 1. The maximum Gasteiger partial charge on any atom is 0.245 e. The number of hydrogen-bond donors (Lipinski definition) is 1. The van der Waals surface area contributed by atoms with Crippen molar-refractivity contribution >= 4 is 32.7 Å². The quantitative estimate of drug-likeness (QED) is 0.288. The van der Waals surface area contributed by atoms with Crippen molar-refractivity contribution in [3.8, 4) is 16.9 Å². The first kappa shape index (κ1) is 26.2. The van der Waals surface area contributed by atoms with Crippen LogP contribution in [0.1, 0.15) is 13.8 Å². The molecule has 5 rings (SSSR count). The summed E-state index contributed by atoms with van der Waals surface area (Å²) < 4.78 is 43.7. The van der Waals surface area contributed by atoms with Crippen LogP contribution < -0.4 is 5.32 Å². The van der Waals surface area contributed by atoms with E-state index in [0.717, 1.165) is 9.87 Å². The lowest BCUT2D eigenvalue weighted by atomic mass is 10.2. The van der Waals surface area contributed by atoms with Crippen LogP contribution in [0.4, 0.5) is 10.2 Å². The third-order valence-corrected chi connectivity index (χ3v) is 8.23. The topological polar surface area (TPSA) is 97.2 Å². The van der Waals surface area contributed by atoms with Crippen molar-refractivity contribution in [1.82, 2.24) is 19.1 Å². The Bertz CT molecular complexity index is 1730. The van der Waals surface area contributed by atoms with Gasteiger partial charge < -0.3 is 5.32 Å². The zero-order valence-electron chi connectivity index (χ0n) is 21.3. The predicted octanol–water partition coefficient (Wildman–Crippen LogP) is 5.26. The van der Waals surface area contributed by atoms with Gasteiger partial charge in [-0.15, -0.1) is 0 Å². The monoisotopic (exact) mass is 543 g/mol. The number of sulfonamides is 1. The minimum atomic E-state index is -4.07. The molecule has 0 atom stereocenters. The van der Waals surface area contributed by atoms with Gasteiger partial charge in [0, 0.05) is 29.3 Å². The Kier molecular flexibility index (Phi) is 7.23. The second kappa shape index (κ2) is 10.8. The van der Waals surface area contributed by atoms with Crippen LogP contribution in [0.15, 0.2) is 102 Å². The SMILES string of the molecule is CC(C)N(CC(=O)Nc1cc(-c2ccccc2)nn1-c1ccc(F)cc1)S(=O)(=O)c1cccc2cccnc12. The number of nitrogens with one attached hydrogen (secondary N) is 1. The van der Waals surface area contributed by atoms with Gasteiger partial charge in [-0.25, -0.2) is 17.5 Å². The molecule has 2 aromatic heterocycles. The Labute approximate surface area is 225 Å². The highest BCUT2D eigenvalue weighted by Gasteiger charge is 2.31. The second-order valence-electron chi connectivity index (χ2n) is 9.19. The molecule has 0 aliphatic carbocycles. The molecule has 3 aromatic carbocycles. The van der Waals surface area contributed by atoms with Crippen LogP contribution in [0.2, 0.25) is 0 Å². The van der Waals surface area contributed by atoms with E-state index in [-0.39, 0.29) is 4.90 Å². The van der Waals surface area contributed by atoms with Crippen LogP contribution in [0.25, 0.3) is 27.8 Å². The molecule has 10 heteroatoms. The van der Waals surface area contributed by atoms with E-state index >= 15 is 0 Å². The Morgan fingerprint density at radius 3 is 2.41 bits per heavy atom. The Balaban J connectivity index is 1.47. The zero-order valence-corrected chi connectivity index (χ0v) is 22.1. The van der Waals surface area contributed by atoms with Crippen LogP contribution in [0, 0.1) is 5.82 Å². The molecule has 0 aliphatic heterocycles. The molecule has 0 fully saturated rings. The molecule has 0 saturated heterocycles. The van der Waals surface area contributed by atoms with Crippen LogP contribution in [0.5, 0.6) is 0 Å². The number of benzene rings is 3. The van der Waals surface area contributed by atoms with Gasteiger partial charge in [0.15, 0.2) is 0 Å². The van der Waals surface area contributed by atoms with Crippen molar-refractivity contribution in [3.05, 3.63) is 103 Å². The fourth-order valence-electron chi connectivity index (χ4n) is 4.28. The minimum Gasteiger partial charge on any atom is -0.309 e. The fraction of sp³-hybridized carbons (Fsp3) is 0.138. The van der Waals surface area contributed by atoms with Crippen molar-refractivity contribution in [1.29, 1.82) is 0 Å². The molecule has 0 aliphatic rings. The Hall–Kier alpha value is -4.41. The van der Waals surface area contributed by atoms with Gasteiger partial charge in [-0.3, -0.25) is 9.78 Å². The Morgan fingerprint density at radius 2 is 1.69 bits per heavy atom. The summed E-state index contributed by atoms with van der Waals surface area (Å²) >= 11 is 0. The summed E-state index contributed by atoms with van der Waals surface area (Å²) in [5.74, 6) is -0.637. The smallest absolute Gasteiger partial charge is 0.245 e. The first-order valence-electron chi connectivity index (χ1n) is 12.3. The Morgan fingerprint density at radius 1 is 0.974 bits per heavy atom. The van der Waals surface area contributed by atoms with E-state index in [1.54, 1.807) is 56.3 Å². The van der Waals surface area contributed by atoms with Crippen molar-refractivity contribution < 1.29 is 17.6 Å². The number of nitrogens with zero attached hydrogens (tertiary/aromatic N) is 4. The molecule has 0 saturated carbocycles. The molecular formula is C29H26FN5O3S. The maximum absolute atomic E-state index is 13.7. The number of carbonyl (C=O) groups excluding carboxylic acids is 1. The number of rotatable bonds is 8. The zero-order chi connectivity index (χ0) is 27.6. The lowest BCUT2D eigenvalue weighted by Gasteiger charge is -2.25. The summed E-state index contributed by atoms with van der Waals surface area (Å²) in [6, 6.07) is 24.7. The summed E-state index contributed by atoms with van der Waals surface area (Å²) in [4.78, 5) is 17.6. The number of halogens is 1. The van der Waals surface area contributed by atoms with E-state index in [1.807, 2.05) is 30.3 Å². The molecule has 0 unspecified atom stereocenters. The summed E-state index contributed by atoms with van der Waals surface area (Å²) in [6.07, 6.45) is 1.54. The first-order valence-corrected chi connectivity index (χ1v) is 13.7. The van der Waals surface area contributed by atoms with E-state index in [9.17, 15) is 17.6 Å². The molecule has 5 aromatic rings. The third kappa shape index (κ3) is 5.43. The van der Waals surface area contributed by atoms with E-state index in [0.29, 0.717) is 28.1 Å². The average Bonchev–Trinajstić information content (AvgIpc) is 3.35. The van der Waals surface area contributed by atoms with Gasteiger partial charge in [-0.1, -0.05) is 48.5 Å². The molecule has 8 nitrogen and oxygen atoms in total. The van der Waals surface area contributed by atoms with Crippen LogP contribution in [0.3, 0.4) is 0 Å². The maximum atomic E-state index is 13.7. The molecular weight excluding hydrogens is 517 g/mol. The number of para-hydroxylation sites is 1. The van der Waals surface area contributed by atoms with Crippen molar-refractivity contribution in [3.63, 3.8) is 0 Å². The van der Waals surface area contributed by atoms with Gasteiger partial charge in [0.05, 0.1) is 23.4 Å². The third-order valence-electron chi connectivity index (χ3n) is 6.18. The van der Waals surface area contributed by atoms with Gasteiger partial charge in [0.1, 0.15) is 16.5 Å². The van der Waals surface area contributed by atoms with Crippen LogP contribution in [-0.2, 0) is 14.8 Å². The van der Waals surface area contributed by atoms with E-state index in [1.165, 1.54) is 29.1 Å². The van der Waals surface area contributed by atoms with Crippen LogP contribution in [-0.4, -0.2) is 46.0 Å². The van der Waals surface area contributed by atoms with E-state index in [4.69, 9.17) is 0 Å². The summed E-state index contributed by atoms with van der Waals surface area (Å²) in [7, 11) is -4.07. The number of hydrogen-bond acceptors (Lipinski definition) is 5. The van der Waals surface area contributed by atoms with Gasteiger partial charge >= 0.3 is 0 Å². The van der Waals surface area contributed by atoms with Crippen LogP contribution >= 0.6 is 0 Å². The highest BCUT2D eigenvalue weighted by molar-refractivity contribution is 7.89. The fourth-order valence-corrected chi connectivity index (χ4v) is 6.04.